The van der Waals surface area contributed by atoms with Crippen molar-refractivity contribution >= 4 is 33.1 Å². The van der Waals surface area contributed by atoms with E-state index in [0.29, 0.717) is 16.8 Å². The van der Waals surface area contributed by atoms with E-state index in [1.807, 2.05) is 19.1 Å². The van der Waals surface area contributed by atoms with Gasteiger partial charge < -0.3 is 10.6 Å². The summed E-state index contributed by atoms with van der Waals surface area (Å²) in [7, 11) is 1.65. The van der Waals surface area contributed by atoms with Crippen molar-refractivity contribution in [2.75, 3.05) is 17.7 Å². The zero-order valence-electron chi connectivity index (χ0n) is 13.3. The smallest absolute Gasteiger partial charge is 0.334 e. The fraction of sp³-hybridized carbons (Fsp3) is 0.312. The van der Waals surface area contributed by atoms with Crippen LogP contribution in [0.1, 0.15) is 23.6 Å². The van der Waals surface area contributed by atoms with Gasteiger partial charge in [0.2, 0.25) is 5.82 Å². The number of hydrogen-bond donors (Lipinski definition) is 2. The molecule has 0 atom stereocenters. The molecule has 0 amide bonds. The van der Waals surface area contributed by atoms with Gasteiger partial charge in [0.05, 0.1) is 4.92 Å². The van der Waals surface area contributed by atoms with Crippen LogP contribution < -0.4 is 10.6 Å². The van der Waals surface area contributed by atoms with Gasteiger partial charge in [0.25, 0.3) is 0 Å². The van der Waals surface area contributed by atoms with Crippen LogP contribution in [-0.4, -0.2) is 17.0 Å². The lowest BCUT2D eigenvalue weighted by atomic mass is 10.00. The highest BCUT2D eigenvalue weighted by molar-refractivity contribution is 9.10. The molecule has 2 rings (SSSR count). The number of halogens is 1. The molecule has 0 aliphatic carbocycles. The predicted octanol–water partition coefficient (Wildman–Crippen LogP) is 4.28. The summed E-state index contributed by atoms with van der Waals surface area (Å²) in [6.45, 7) is 4.62. The second-order valence-corrected chi connectivity index (χ2v) is 5.93. The first-order chi connectivity index (χ1) is 11.0. The van der Waals surface area contributed by atoms with Crippen LogP contribution in [0, 0.1) is 17.0 Å². The number of benzene rings is 1. The third-order valence-corrected chi connectivity index (χ3v) is 4.14. The minimum absolute atomic E-state index is 0.0534. The monoisotopic (exact) mass is 378 g/mol. The van der Waals surface area contributed by atoms with Crippen molar-refractivity contribution in [1.29, 1.82) is 0 Å². The lowest BCUT2D eigenvalue weighted by molar-refractivity contribution is -0.383. The molecule has 7 heteroatoms. The van der Waals surface area contributed by atoms with E-state index >= 15 is 0 Å². The number of hydrogen-bond acceptors (Lipinski definition) is 5. The molecule has 1 heterocycles. The number of nitrogens with zero attached hydrogens (tertiary/aromatic N) is 2. The van der Waals surface area contributed by atoms with Crippen molar-refractivity contribution in [3.63, 3.8) is 0 Å². The molecule has 6 nitrogen and oxygen atoms in total. The molecule has 0 aliphatic rings. The summed E-state index contributed by atoms with van der Waals surface area (Å²) in [6, 6.07) is 7.73. The van der Waals surface area contributed by atoms with Gasteiger partial charge in [-0.1, -0.05) is 25.1 Å². The highest BCUT2D eigenvalue weighted by atomic mass is 79.9. The maximum absolute atomic E-state index is 11.4. The molecule has 0 unspecified atom stereocenters. The first-order valence-corrected chi connectivity index (χ1v) is 8.11. The third-order valence-electron chi connectivity index (χ3n) is 3.73. The molecule has 2 N–H and O–H groups in total. The molecule has 0 saturated carbocycles. The summed E-state index contributed by atoms with van der Waals surface area (Å²) < 4.78 is 0.537. The lowest BCUT2D eigenvalue weighted by Gasteiger charge is -2.14. The van der Waals surface area contributed by atoms with Crippen LogP contribution in [-0.2, 0) is 13.0 Å². The van der Waals surface area contributed by atoms with Crippen molar-refractivity contribution < 1.29 is 4.92 Å². The van der Waals surface area contributed by atoms with Gasteiger partial charge in [-0.25, -0.2) is 4.98 Å². The minimum atomic E-state index is -0.424. The average Bonchev–Trinajstić information content (AvgIpc) is 2.52. The van der Waals surface area contributed by atoms with Crippen molar-refractivity contribution in [3.05, 3.63) is 55.7 Å². The van der Waals surface area contributed by atoms with Crippen molar-refractivity contribution in [3.8, 4) is 0 Å². The van der Waals surface area contributed by atoms with Gasteiger partial charge in [-0.3, -0.25) is 10.1 Å². The fourth-order valence-electron chi connectivity index (χ4n) is 2.53. The quantitative estimate of drug-likeness (QED) is 0.445. The molecule has 23 heavy (non-hydrogen) atoms. The zero-order valence-corrected chi connectivity index (χ0v) is 14.9. The molecule has 1 aromatic carbocycles. The van der Waals surface area contributed by atoms with Gasteiger partial charge in [-0.15, -0.1) is 0 Å². The van der Waals surface area contributed by atoms with Crippen molar-refractivity contribution in [2.24, 2.45) is 0 Å². The van der Waals surface area contributed by atoms with Crippen LogP contribution in [0.25, 0.3) is 0 Å². The van der Waals surface area contributed by atoms with Crippen LogP contribution in [0.3, 0.4) is 0 Å². The molecule has 122 valence electrons. The number of nitrogens with one attached hydrogen (secondary N) is 2. The Kier molecular flexibility index (Phi) is 5.54. The van der Waals surface area contributed by atoms with E-state index in [9.17, 15) is 10.1 Å². The predicted molar refractivity (Wildman–Crippen MR) is 96.0 cm³/mol. The van der Waals surface area contributed by atoms with Gasteiger partial charge in [0.1, 0.15) is 10.3 Å². The third kappa shape index (κ3) is 3.79. The van der Waals surface area contributed by atoms with Crippen molar-refractivity contribution in [2.45, 2.75) is 26.8 Å². The Morgan fingerprint density at radius 3 is 2.74 bits per heavy atom. The van der Waals surface area contributed by atoms with Gasteiger partial charge in [-0.2, -0.15) is 0 Å². The van der Waals surface area contributed by atoms with E-state index in [4.69, 9.17) is 0 Å². The summed E-state index contributed by atoms with van der Waals surface area (Å²) in [4.78, 5) is 15.2. The second kappa shape index (κ2) is 7.41. The summed E-state index contributed by atoms with van der Waals surface area (Å²) in [6.07, 6.45) is 0.911. The average molecular weight is 379 g/mol. The first-order valence-electron chi connectivity index (χ1n) is 7.31. The first kappa shape index (κ1) is 17.2. The number of rotatable bonds is 6. The van der Waals surface area contributed by atoms with Crippen LogP contribution in [0.4, 0.5) is 17.2 Å². The Hall–Kier alpha value is -2.15. The van der Waals surface area contributed by atoms with E-state index in [0.717, 1.165) is 17.5 Å². The largest absolute Gasteiger partial charge is 0.382 e. The maximum atomic E-state index is 11.4. The minimum Gasteiger partial charge on any atom is -0.382 e. The number of aromatic nitrogens is 1. The topological polar surface area (TPSA) is 80.1 Å². The van der Waals surface area contributed by atoms with Gasteiger partial charge >= 0.3 is 5.69 Å². The summed E-state index contributed by atoms with van der Waals surface area (Å²) >= 11 is 3.29. The molecule has 0 fully saturated rings. The number of pyridine rings is 1. The fourth-order valence-corrected chi connectivity index (χ4v) is 2.93. The van der Waals surface area contributed by atoms with E-state index in [1.54, 1.807) is 13.1 Å². The second-order valence-electron chi connectivity index (χ2n) is 5.12. The van der Waals surface area contributed by atoms with Gasteiger partial charge in [-0.05, 0) is 46.0 Å². The Morgan fingerprint density at radius 1 is 1.39 bits per heavy atom. The zero-order chi connectivity index (χ0) is 17.0. The molecule has 0 bridgehead atoms. The number of nitro groups is 1. The molecule has 0 aliphatic heterocycles. The van der Waals surface area contributed by atoms with Crippen LogP contribution >= 0.6 is 15.9 Å². The molecule has 0 radical (unpaired) electrons. The Morgan fingerprint density at radius 2 is 2.13 bits per heavy atom. The number of aryl methyl sites for hydroxylation is 2. The van der Waals surface area contributed by atoms with Crippen LogP contribution in [0.15, 0.2) is 28.9 Å². The van der Waals surface area contributed by atoms with Gasteiger partial charge in [0, 0.05) is 19.7 Å². The highest BCUT2D eigenvalue weighted by Gasteiger charge is 2.22. The van der Waals surface area contributed by atoms with E-state index in [-0.39, 0.29) is 11.5 Å². The Labute approximate surface area is 143 Å². The lowest BCUT2D eigenvalue weighted by Crippen LogP contribution is -2.09. The molecule has 1 aromatic heterocycles. The summed E-state index contributed by atoms with van der Waals surface area (Å²) in [5.41, 5.74) is 3.90. The van der Waals surface area contributed by atoms with Crippen molar-refractivity contribution in [1.82, 2.24) is 4.98 Å². The molecular weight excluding hydrogens is 360 g/mol. The van der Waals surface area contributed by atoms with Gasteiger partial charge in [0.15, 0.2) is 0 Å². The maximum Gasteiger partial charge on any atom is 0.334 e. The number of anilines is 2. The molecule has 0 saturated heterocycles. The summed E-state index contributed by atoms with van der Waals surface area (Å²) in [5, 5.41) is 17.3. The van der Waals surface area contributed by atoms with Crippen LogP contribution in [0.2, 0.25) is 0 Å². The standard InChI is InChI=1S/C16H19BrN4O2/c1-4-11-7-5-6-10(2)12(11)9-19-16-15(21(22)23)13(18-3)8-14(17)20-16/h5-8H,4,9H2,1-3H3,(H2,18,19,20). The Bertz CT molecular complexity index is 734. The Balaban J connectivity index is 2.38. The highest BCUT2D eigenvalue weighted by Crippen LogP contribution is 2.34. The SMILES string of the molecule is CCc1cccc(C)c1CNc1nc(Br)cc(NC)c1[N+](=O)[O-]. The van der Waals surface area contributed by atoms with E-state index in [1.165, 1.54) is 5.56 Å². The van der Waals surface area contributed by atoms with E-state index < -0.39 is 4.92 Å². The van der Waals surface area contributed by atoms with Crippen LogP contribution in [0.5, 0.6) is 0 Å². The van der Waals surface area contributed by atoms with E-state index in [2.05, 4.69) is 44.5 Å². The summed E-state index contributed by atoms with van der Waals surface area (Å²) in [5.74, 6) is 0.249. The molecule has 0 spiro atoms. The normalized spacial score (nSPS) is 10.4. The molecular formula is C16H19BrN4O2. The molecule has 2 aromatic rings.